The Morgan fingerprint density at radius 2 is 1.02 bits per heavy atom. The second-order valence-electron chi connectivity index (χ2n) is 10.5. The molecule has 7 aromatic rings. The summed E-state index contributed by atoms with van der Waals surface area (Å²) in [4.78, 5) is 7.30. The van der Waals surface area contributed by atoms with Gasteiger partial charge in [0.25, 0.3) is 0 Å². The zero-order chi connectivity index (χ0) is 27.3. The molecule has 194 valence electrons. The Hall–Kier alpha value is -5.41. The van der Waals surface area contributed by atoms with Gasteiger partial charge in [-0.3, -0.25) is 4.57 Å². The highest BCUT2D eigenvalue weighted by Gasteiger charge is 2.28. The summed E-state index contributed by atoms with van der Waals surface area (Å²) in [6.45, 7) is 2.09. The van der Waals surface area contributed by atoms with Gasteiger partial charge < -0.3 is 4.90 Å². The van der Waals surface area contributed by atoms with Gasteiger partial charge in [-0.25, -0.2) is 4.98 Å². The first-order valence-corrected chi connectivity index (χ1v) is 14.0. The number of nitrogens with zero attached hydrogens (tertiary/aromatic N) is 3. The molecule has 1 aliphatic rings. The number of rotatable bonds is 4. The van der Waals surface area contributed by atoms with Gasteiger partial charge in [-0.2, -0.15) is 0 Å². The molecule has 6 aromatic carbocycles. The summed E-state index contributed by atoms with van der Waals surface area (Å²) in [5, 5.41) is 0. The smallest absolute Gasteiger partial charge is 0.111 e. The summed E-state index contributed by atoms with van der Waals surface area (Å²) >= 11 is 0. The fourth-order valence-electron chi connectivity index (χ4n) is 6.15. The molecule has 3 nitrogen and oxygen atoms in total. The van der Waals surface area contributed by atoms with E-state index in [-0.39, 0.29) is 0 Å². The van der Waals surface area contributed by atoms with Crippen LogP contribution in [0.15, 0.2) is 146 Å². The second kappa shape index (κ2) is 9.35. The molecule has 8 rings (SSSR count). The molecule has 0 unspecified atom stereocenters. The number of hydrogen-bond acceptors (Lipinski definition) is 2. The summed E-state index contributed by atoms with van der Waals surface area (Å²) in [5.74, 6) is 0.992. The zero-order valence-corrected chi connectivity index (χ0v) is 22.7. The molecule has 41 heavy (non-hydrogen) atoms. The lowest BCUT2D eigenvalue weighted by Crippen LogP contribution is -2.18. The minimum absolute atomic E-state index is 0.992. The summed E-state index contributed by atoms with van der Waals surface area (Å²) in [7, 11) is 0. The van der Waals surface area contributed by atoms with Gasteiger partial charge in [0.05, 0.1) is 28.1 Å². The SMILES string of the molecule is Cc1nc2cccc3c2n1-c1ccc(-c2cc(-c4ccccc4)cc(-c4ccccc4)c2)cc1N3c1ccccc1. The monoisotopic (exact) mass is 525 g/mol. The van der Waals surface area contributed by atoms with E-state index in [1.807, 2.05) is 0 Å². The number of imidazole rings is 1. The lowest BCUT2D eigenvalue weighted by Gasteiger charge is -2.33. The van der Waals surface area contributed by atoms with E-state index in [0.717, 1.165) is 39.6 Å². The summed E-state index contributed by atoms with van der Waals surface area (Å²) in [5.41, 5.74) is 13.9. The third-order valence-corrected chi connectivity index (χ3v) is 8.02. The molecule has 0 fully saturated rings. The van der Waals surface area contributed by atoms with E-state index in [4.69, 9.17) is 4.98 Å². The Balaban J connectivity index is 1.37. The van der Waals surface area contributed by atoms with Gasteiger partial charge in [0.15, 0.2) is 0 Å². The van der Waals surface area contributed by atoms with Crippen LogP contribution in [0.1, 0.15) is 5.82 Å². The predicted molar refractivity (Wildman–Crippen MR) is 170 cm³/mol. The van der Waals surface area contributed by atoms with E-state index in [2.05, 4.69) is 162 Å². The fraction of sp³-hybridized carbons (Fsp3) is 0.0263. The van der Waals surface area contributed by atoms with Crippen LogP contribution in [-0.2, 0) is 0 Å². The van der Waals surface area contributed by atoms with Crippen LogP contribution in [0.4, 0.5) is 17.1 Å². The molecule has 0 radical (unpaired) electrons. The molecule has 0 atom stereocenters. The van der Waals surface area contributed by atoms with Crippen molar-refractivity contribution in [3.63, 3.8) is 0 Å². The summed E-state index contributed by atoms with van der Waals surface area (Å²) in [6, 6.07) is 52.1. The highest BCUT2D eigenvalue weighted by molar-refractivity contribution is 6.02. The molecular weight excluding hydrogens is 498 g/mol. The van der Waals surface area contributed by atoms with E-state index < -0.39 is 0 Å². The zero-order valence-electron chi connectivity index (χ0n) is 22.7. The van der Waals surface area contributed by atoms with Gasteiger partial charge in [0, 0.05) is 5.69 Å². The molecule has 3 heteroatoms. The van der Waals surface area contributed by atoms with Crippen molar-refractivity contribution in [2.45, 2.75) is 6.92 Å². The molecule has 0 amide bonds. The topological polar surface area (TPSA) is 21.1 Å². The van der Waals surface area contributed by atoms with Crippen molar-refractivity contribution in [3.8, 4) is 39.1 Å². The van der Waals surface area contributed by atoms with Crippen LogP contribution < -0.4 is 4.90 Å². The summed E-state index contributed by atoms with van der Waals surface area (Å²) in [6.07, 6.45) is 0. The quantitative estimate of drug-likeness (QED) is 0.228. The lowest BCUT2D eigenvalue weighted by molar-refractivity contribution is 0.982. The minimum Gasteiger partial charge on any atom is -0.306 e. The number of aromatic nitrogens is 2. The molecule has 0 saturated carbocycles. The van der Waals surface area contributed by atoms with Crippen molar-refractivity contribution in [3.05, 3.63) is 151 Å². The first kappa shape index (κ1) is 23.5. The molecule has 1 aromatic heterocycles. The maximum atomic E-state index is 4.92. The van der Waals surface area contributed by atoms with Crippen LogP contribution in [0.2, 0.25) is 0 Å². The maximum absolute atomic E-state index is 4.92. The molecule has 2 heterocycles. The van der Waals surface area contributed by atoms with E-state index in [9.17, 15) is 0 Å². The Kier molecular flexibility index (Phi) is 5.36. The van der Waals surface area contributed by atoms with Crippen LogP contribution in [0.5, 0.6) is 0 Å². The molecule has 0 aliphatic carbocycles. The van der Waals surface area contributed by atoms with Crippen molar-refractivity contribution < 1.29 is 0 Å². The normalized spacial score (nSPS) is 12.0. The average molecular weight is 526 g/mol. The number of fused-ring (bicyclic) bond motifs is 2. The number of hydrogen-bond donors (Lipinski definition) is 0. The first-order valence-electron chi connectivity index (χ1n) is 14.0. The van der Waals surface area contributed by atoms with Crippen molar-refractivity contribution in [2.75, 3.05) is 4.90 Å². The molecule has 0 N–H and O–H groups in total. The molecule has 1 aliphatic heterocycles. The average Bonchev–Trinajstić information content (AvgIpc) is 3.39. The minimum atomic E-state index is 0.992. The fourth-order valence-corrected chi connectivity index (χ4v) is 6.15. The highest BCUT2D eigenvalue weighted by Crippen LogP contribution is 2.48. The van der Waals surface area contributed by atoms with Crippen LogP contribution in [0.3, 0.4) is 0 Å². The van der Waals surface area contributed by atoms with Gasteiger partial charge in [-0.1, -0.05) is 91.0 Å². The van der Waals surface area contributed by atoms with Gasteiger partial charge >= 0.3 is 0 Å². The Morgan fingerprint density at radius 1 is 0.439 bits per heavy atom. The van der Waals surface area contributed by atoms with Crippen LogP contribution in [-0.4, -0.2) is 9.55 Å². The van der Waals surface area contributed by atoms with Crippen molar-refractivity contribution in [1.82, 2.24) is 9.55 Å². The first-order chi connectivity index (χ1) is 20.2. The van der Waals surface area contributed by atoms with Gasteiger partial charge in [-0.05, 0) is 94.9 Å². The number of aryl methyl sites for hydroxylation is 1. The second-order valence-corrected chi connectivity index (χ2v) is 10.5. The molecular formula is C38H27N3. The number of benzene rings is 6. The van der Waals surface area contributed by atoms with Gasteiger partial charge in [-0.15, -0.1) is 0 Å². The largest absolute Gasteiger partial charge is 0.306 e. The highest BCUT2D eigenvalue weighted by atomic mass is 15.2. The third-order valence-electron chi connectivity index (χ3n) is 8.02. The van der Waals surface area contributed by atoms with E-state index in [1.54, 1.807) is 0 Å². The Labute approximate surface area is 239 Å². The Morgan fingerprint density at radius 3 is 1.66 bits per heavy atom. The van der Waals surface area contributed by atoms with Crippen molar-refractivity contribution in [2.24, 2.45) is 0 Å². The van der Waals surface area contributed by atoms with Gasteiger partial charge in [0.2, 0.25) is 0 Å². The molecule has 0 saturated heterocycles. The standard InChI is InChI=1S/C38H27N3/c1-26-39-34-18-11-19-36-38(34)40(26)35-21-20-29(25-37(35)41(36)33-16-9-4-10-17-33)32-23-30(27-12-5-2-6-13-27)22-31(24-32)28-14-7-3-8-15-28/h2-25H,1H3. The predicted octanol–water partition coefficient (Wildman–Crippen LogP) is 10.1. The third kappa shape index (κ3) is 3.86. The van der Waals surface area contributed by atoms with Gasteiger partial charge in [0.1, 0.15) is 5.82 Å². The van der Waals surface area contributed by atoms with E-state index in [0.29, 0.717) is 0 Å². The van der Waals surface area contributed by atoms with E-state index in [1.165, 1.54) is 33.4 Å². The maximum Gasteiger partial charge on any atom is 0.111 e. The summed E-state index contributed by atoms with van der Waals surface area (Å²) < 4.78 is 2.30. The number of para-hydroxylation sites is 2. The molecule has 0 spiro atoms. The lowest BCUT2D eigenvalue weighted by atomic mass is 9.92. The van der Waals surface area contributed by atoms with E-state index >= 15 is 0 Å². The van der Waals surface area contributed by atoms with Crippen LogP contribution in [0.25, 0.3) is 50.1 Å². The van der Waals surface area contributed by atoms with Crippen LogP contribution >= 0.6 is 0 Å². The Bertz CT molecular complexity index is 1980. The van der Waals surface area contributed by atoms with Crippen molar-refractivity contribution in [1.29, 1.82) is 0 Å². The molecule has 0 bridgehead atoms. The number of anilines is 3. The van der Waals surface area contributed by atoms with Crippen molar-refractivity contribution >= 4 is 28.1 Å². The van der Waals surface area contributed by atoms with Crippen LogP contribution in [0, 0.1) is 6.92 Å².